The first-order valence-corrected chi connectivity index (χ1v) is 10.3. The van der Waals surface area contributed by atoms with Crippen molar-refractivity contribution in [1.29, 1.82) is 0 Å². The molecule has 0 N–H and O–H groups in total. The van der Waals surface area contributed by atoms with Gasteiger partial charge < -0.3 is 14.5 Å². The summed E-state index contributed by atoms with van der Waals surface area (Å²) in [5.74, 6) is 0.749. The van der Waals surface area contributed by atoms with Gasteiger partial charge in [0.1, 0.15) is 11.4 Å². The summed E-state index contributed by atoms with van der Waals surface area (Å²) in [7, 11) is 1.63. The van der Waals surface area contributed by atoms with E-state index in [-0.39, 0.29) is 5.91 Å². The normalized spacial score (nSPS) is 14.1. The molecule has 156 valence electrons. The van der Waals surface area contributed by atoms with Crippen molar-refractivity contribution >= 4 is 11.6 Å². The summed E-state index contributed by atoms with van der Waals surface area (Å²) in [6, 6.07) is 16.0. The Morgan fingerprint density at radius 1 is 0.900 bits per heavy atom. The summed E-state index contributed by atoms with van der Waals surface area (Å²) in [5.41, 5.74) is 6.04. The van der Waals surface area contributed by atoms with E-state index in [2.05, 4.69) is 42.0 Å². The molecular weight excluding hydrogens is 376 g/mol. The molecule has 6 heteroatoms. The molecule has 0 radical (unpaired) electrons. The zero-order valence-electron chi connectivity index (χ0n) is 18.1. The van der Waals surface area contributed by atoms with E-state index in [9.17, 15) is 4.79 Å². The van der Waals surface area contributed by atoms with Crippen molar-refractivity contribution in [3.8, 4) is 11.4 Å². The minimum Gasteiger partial charge on any atom is -0.497 e. The molecule has 2 aromatic carbocycles. The fourth-order valence-corrected chi connectivity index (χ4v) is 3.84. The third-order valence-corrected chi connectivity index (χ3v) is 5.77. The largest absolute Gasteiger partial charge is 0.497 e. The molecule has 2 heterocycles. The predicted octanol–water partition coefficient (Wildman–Crippen LogP) is 3.77. The molecule has 0 bridgehead atoms. The Balaban J connectivity index is 1.51. The average molecular weight is 405 g/mol. The minimum absolute atomic E-state index is 0.0122. The first kappa shape index (κ1) is 20.0. The van der Waals surface area contributed by atoms with E-state index in [0.717, 1.165) is 30.2 Å². The molecule has 1 amide bonds. The predicted molar refractivity (Wildman–Crippen MR) is 119 cm³/mol. The highest BCUT2D eigenvalue weighted by Gasteiger charge is 2.26. The molecule has 0 unspecified atom stereocenters. The van der Waals surface area contributed by atoms with Crippen molar-refractivity contribution in [2.75, 3.05) is 38.2 Å². The van der Waals surface area contributed by atoms with Crippen molar-refractivity contribution in [2.45, 2.75) is 20.8 Å². The lowest BCUT2D eigenvalue weighted by Gasteiger charge is -2.36. The van der Waals surface area contributed by atoms with E-state index in [1.165, 1.54) is 16.8 Å². The number of rotatable bonds is 4. The Hall–Kier alpha value is -3.28. The number of aryl methyl sites for hydroxylation is 3. The van der Waals surface area contributed by atoms with E-state index in [0.29, 0.717) is 18.8 Å². The number of aromatic nitrogens is 2. The second kappa shape index (κ2) is 8.22. The number of carbonyl (C=O) groups is 1. The van der Waals surface area contributed by atoms with Crippen LogP contribution in [0.4, 0.5) is 5.69 Å². The monoisotopic (exact) mass is 404 g/mol. The van der Waals surface area contributed by atoms with Gasteiger partial charge in [-0.25, -0.2) is 4.68 Å². The number of amides is 1. The van der Waals surface area contributed by atoms with E-state index in [1.807, 2.05) is 42.2 Å². The molecule has 0 atom stereocenters. The number of benzene rings is 2. The molecular formula is C24H28N4O2. The highest BCUT2D eigenvalue weighted by atomic mass is 16.5. The lowest BCUT2D eigenvalue weighted by molar-refractivity contribution is 0.0737. The molecule has 6 nitrogen and oxygen atoms in total. The lowest BCUT2D eigenvalue weighted by Crippen LogP contribution is -2.49. The van der Waals surface area contributed by atoms with Gasteiger partial charge in [0.2, 0.25) is 0 Å². The highest BCUT2D eigenvalue weighted by molar-refractivity contribution is 5.93. The molecule has 4 rings (SSSR count). The molecule has 3 aromatic rings. The molecule has 1 fully saturated rings. The molecule has 1 aromatic heterocycles. The van der Waals surface area contributed by atoms with Gasteiger partial charge >= 0.3 is 0 Å². The highest BCUT2D eigenvalue weighted by Crippen LogP contribution is 2.22. The molecule has 1 saturated heterocycles. The van der Waals surface area contributed by atoms with Crippen molar-refractivity contribution in [2.24, 2.45) is 0 Å². The number of hydrogen-bond donors (Lipinski definition) is 0. The van der Waals surface area contributed by atoms with E-state index >= 15 is 0 Å². The number of hydrogen-bond acceptors (Lipinski definition) is 4. The molecule has 0 saturated carbocycles. The van der Waals surface area contributed by atoms with Crippen LogP contribution in [0.2, 0.25) is 0 Å². The number of nitrogens with zero attached hydrogens (tertiary/aromatic N) is 4. The van der Waals surface area contributed by atoms with Gasteiger partial charge in [0.25, 0.3) is 5.91 Å². The minimum atomic E-state index is 0.0122. The topological polar surface area (TPSA) is 50.6 Å². The van der Waals surface area contributed by atoms with Crippen LogP contribution < -0.4 is 9.64 Å². The molecule has 0 spiro atoms. The van der Waals surface area contributed by atoms with Gasteiger partial charge in [0.15, 0.2) is 0 Å². The van der Waals surface area contributed by atoms with Crippen LogP contribution >= 0.6 is 0 Å². The quantitative estimate of drug-likeness (QED) is 0.664. The molecule has 1 aliphatic rings. The Bertz CT molecular complexity index is 1060. The maximum absolute atomic E-state index is 13.3. The standard InChI is InChI=1S/C24H28N4O2/c1-17-8-9-20(14-18(17)2)26-10-12-27(13-11-26)24(29)23-15-19(3)25-28(23)21-6-5-7-22(16-21)30-4/h5-9,14-16H,10-13H2,1-4H3. The summed E-state index contributed by atoms with van der Waals surface area (Å²) in [5, 5.41) is 4.56. The number of ether oxygens (including phenoxy) is 1. The number of piperazine rings is 1. The van der Waals surface area contributed by atoms with Crippen LogP contribution in [0.5, 0.6) is 5.75 Å². The van der Waals surface area contributed by atoms with Crippen LogP contribution in [0.25, 0.3) is 5.69 Å². The zero-order chi connectivity index (χ0) is 21.3. The number of anilines is 1. The summed E-state index contributed by atoms with van der Waals surface area (Å²) < 4.78 is 7.05. The van der Waals surface area contributed by atoms with Crippen molar-refractivity contribution in [3.63, 3.8) is 0 Å². The fourth-order valence-electron chi connectivity index (χ4n) is 3.84. The summed E-state index contributed by atoms with van der Waals surface area (Å²) in [4.78, 5) is 17.6. The second-order valence-corrected chi connectivity index (χ2v) is 7.83. The Labute approximate surface area is 177 Å². The number of methoxy groups -OCH3 is 1. The first-order valence-electron chi connectivity index (χ1n) is 10.3. The average Bonchev–Trinajstić information content (AvgIpc) is 3.17. The van der Waals surface area contributed by atoms with Crippen LogP contribution in [-0.4, -0.2) is 53.9 Å². The van der Waals surface area contributed by atoms with Gasteiger partial charge in [-0.15, -0.1) is 0 Å². The van der Waals surface area contributed by atoms with Gasteiger partial charge in [-0.3, -0.25) is 4.79 Å². The Morgan fingerprint density at radius 2 is 1.67 bits per heavy atom. The number of carbonyl (C=O) groups excluding carboxylic acids is 1. The smallest absolute Gasteiger partial charge is 0.272 e. The van der Waals surface area contributed by atoms with Gasteiger partial charge in [0.05, 0.1) is 18.5 Å². The van der Waals surface area contributed by atoms with Crippen LogP contribution in [0.1, 0.15) is 27.3 Å². The fraction of sp³-hybridized carbons (Fsp3) is 0.333. The maximum Gasteiger partial charge on any atom is 0.272 e. The van der Waals surface area contributed by atoms with Crippen LogP contribution in [0.15, 0.2) is 48.5 Å². The Morgan fingerprint density at radius 3 is 2.37 bits per heavy atom. The first-order chi connectivity index (χ1) is 14.5. The van der Waals surface area contributed by atoms with Crippen molar-refractivity contribution < 1.29 is 9.53 Å². The van der Waals surface area contributed by atoms with E-state index in [4.69, 9.17) is 4.74 Å². The van der Waals surface area contributed by atoms with Crippen LogP contribution in [-0.2, 0) is 0 Å². The SMILES string of the molecule is COc1cccc(-n2nc(C)cc2C(=O)N2CCN(c3ccc(C)c(C)c3)CC2)c1. The molecule has 0 aliphatic carbocycles. The van der Waals surface area contributed by atoms with E-state index < -0.39 is 0 Å². The zero-order valence-corrected chi connectivity index (χ0v) is 18.1. The van der Waals surface area contributed by atoms with Gasteiger partial charge in [-0.2, -0.15) is 5.10 Å². The third kappa shape index (κ3) is 3.90. The van der Waals surface area contributed by atoms with Gasteiger partial charge in [-0.1, -0.05) is 12.1 Å². The van der Waals surface area contributed by atoms with E-state index in [1.54, 1.807) is 11.8 Å². The van der Waals surface area contributed by atoms with Crippen LogP contribution in [0.3, 0.4) is 0 Å². The molecule has 1 aliphatic heterocycles. The van der Waals surface area contributed by atoms with Gasteiger partial charge in [-0.05, 0) is 62.2 Å². The van der Waals surface area contributed by atoms with Gasteiger partial charge in [0, 0.05) is 37.9 Å². The maximum atomic E-state index is 13.3. The lowest BCUT2D eigenvalue weighted by atomic mass is 10.1. The third-order valence-electron chi connectivity index (χ3n) is 5.77. The van der Waals surface area contributed by atoms with Crippen molar-refractivity contribution in [1.82, 2.24) is 14.7 Å². The summed E-state index contributed by atoms with van der Waals surface area (Å²) in [6.45, 7) is 9.19. The molecule has 30 heavy (non-hydrogen) atoms. The second-order valence-electron chi connectivity index (χ2n) is 7.83. The summed E-state index contributed by atoms with van der Waals surface area (Å²) in [6.07, 6.45) is 0. The van der Waals surface area contributed by atoms with Crippen molar-refractivity contribution in [3.05, 3.63) is 71.0 Å². The van der Waals surface area contributed by atoms with Crippen LogP contribution in [0, 0.1) is 20.8 Å². The summed E-state index contributed by atoms with van der Waals surface area (Å²) >= 11 is 0. The Kier molecular flexibility index (Phi) is 5.48.